The van der Waals surface area contributed by atoms with Gasteiger partial charge in [0.1, 0.15) is 16.3 Å². The molecule has 0 amide bonds. The van der Waals surface area contributed by atoms with Crippen LogP contribution in [0.4, 0.5) is 0 Å². The normalized spacial score (nSPS) is 13.1. The van der Waals surface area contributed by atoms with Crippen LogP contribution in [0.15, 0.2) is 34.1 Å². The first-order chi connectivity index (χ1) is 6.27. The molecule has 0 spiro atoms. The van der Waals surface area contributed by atoms with Gasteiger partial charge in [-0.15, -0.1) is 11.3 Å². The van der Waals surface area contributed by atoms with Crippen molar-refractivity contribution in [2.75, 3.05) is 0 Å². The van der Waals surface area contributed by atoms with Crippen LogP contribution < -0.4 is 0 Å². The monoisotopic (exact) mass is 256 g/mol. The van der Waals surface area contributed by atoms with Crippen LogP contribution in [0, 0.1) is 6.92 Å². The number of alkyl halides is 1. The van der Waals surface area contributed by atoms with Crippen molar-refractivity contribution in [3.63, 3.8) is 0 Å². The standard InChI is InChI=1S/C10H9BrOS/c1-7-4-5-8(12-7)10(11)9-3-2-6-13-9/h2-6,10H,1H3. The summed E-state index contributed by atoms with van der Waals surface area (Å²) in [6.07, 6.45) is 0. The van der Waals surface area contributed by atoms with Crippen molar-refractivity contribution in [3.8, 4) is 0 Å². The molecule has 0 saturated carbocycles. The van der Waals surface area contributed by atoms with E-state index < -0.39 is 0 Å². The van der Waals surface area contributed by atoms with Crippen LogP contribution in [0.5, 0.6) is 0 Å². The smallest absolute Gasteiger partial charge is 0.123 e. The van der Waals surface area contributed by atoms with E-state index in [0.717, 1.165) is 11.5 Å². The predicted molar refractivity (Wildman–Crippen MR) is 58.5 cm³/mol. The van der Waals surface area contributed by atoms with Gasteiger partial charge in [-0.05, 0) is 30.5 Å². The molecular formula is C10H9BrOS. The zero-order valence-electron chi connectivity index (χ0n) is 7.16. The number of thiophene rings is 1. The minimum absolute atomic E-state index is 0.196. The second kappa shape index (κ2) is 3.68. The Morgan fingerprint density at radius 3 is 2.77 bits per heavy atom. The molecule has 0 bridgehead atoms. The largest absolute Gasteiger partial charge is 0.465 e. The van der Waals surface area contributed by atoms with Crippen LogP contribution in [0.3, 0.4) is 0 Å². The van der Waals surface area contributed by atoms with Crippen molar-refractivity contribution in [1.29, 1.82) is 0 Å². The van der Waals surface area contributed by atoms with Gasteiger partial charge in [-0.1, -0.05) is 22.0 Å². The highest BCUT2D eigenvalue weighted by Gasteiger charge is 2.14. The quantitative estimate of drug-likeness (QED) is 0.737. The van der Waals surface area contributed by atoms with E-state index in [1.807, 2.05) is 25.1 Å². The minimum Gasteiger partial charge on any atom is -0.465 e. The molecule has 13 heavy (non-hydrogen) atoms. The molecule has 0 N–H and O–H groups in total. The Morgan fingerprint density at radius 1 is 1.38 bits per heavy atom. The molecule has 3 heteroatoms. The maximum atomic E-state index is 5.53. The van der Waals surface area contributed by atoms with Crippen LogP contribution in [0.25, 0.3) is 0 Å². The summed E-state index contributed by atoms with van der Waals surface area (Å²) in [5.74, 6) is 1.93. The third-order valence-corrected chi connectivity index (χ3v) is 3.99. The molecule has 2 heterocycles. The van der Waals surface area contributed by atoms with Gasteiger partial charge >= 0.3 is 0 Å². The fourth-order valence-corrected chi connectivity index (χ4v) is 2.59. The number of halogens is 1. The topological polar surface area (TPSA) is 13.1 Å². The van der Waals surface area contributed by atoms with Gasteiger partial charge in [0.15, 0.2) is 0 Å². The molecule has 0 radical (unpaired) electrons. The maximum Gasteiger partial charge on any atom is 0.123 e. The number of aryl methyl sites for hydroxylation is 1. The Hall–Kier alpha value is -0.540. The molecule has 0 saturated heterocycles. The summed E-state index contributed by atoms with van der Waals surface area (Å²) in [7, 11) is 0. The third-order valence-electron chi connectivity index (χ3n) is 1.80. The molecule has 0 aliphatic rings. The van der Waals surface area contributed by atoms with E-state index in [2.05, 4.69) is 27.4 Å². The van der Waals surface area contributed by atoms with Crippen molar-refractivity contribution >= 4 is 27.3 Å². The van der Waals surface area contributed by atoms with Gasteiger partial charge in [0, 0.05) is 4.88 Å². The van der Waals surface area contributed by atoms with Gasteiger partial charge in [0.25, 0.3) is 0 Å². The first kappa shape index (κ1) is 9.03. The van der Waals surface area contributed by atoms with Crippen molar-refractivity contribution in [3.05, 3.63) is 46.0 Å². The lowest BCUT2D eigenvalue weighted by molar-refractivity contribution is 0.493. The van der Waals surface area contributed by atoms with Crippen LogP contribution in [0.2, 0.25) is 0 Å². The van der Waals surface area contributed by atoms with E-state index in [1.165, 1.54) is 4.88 Å². The summed E-state index contributed by atoms with van der Waals surface area (Å²) in [5.41, 5.74) is 0. The van der Waals surface area contributed by atoms with Crippen molar-refractivity contribution in [2.45, 2.75) is 11.8 Å². The molecule has 0 aliphatic heterocycles. The molecule has 1 nitrogen and oxygen atoms in total. The fourth-order valence-electron chi connectivity index (χ4n) is 1.17. The van der Waals surface area contributed by atoms with Crippen LogP contribution in [-0.2, 0) is 0 Å². The van der Waals surface area contributed by atoms with Crippen LogP contribution in [0.1, 0.15) is 21.2 Å². The van der Waals surface area contributed by atoms with Crippen molar-refractivity contribution < 1.29 is 4.42 Å². The van der Waals surface area contributed by atoms with Gasteiger partial charge < -0.3 is 4.42 Å². The minimum atomic E-state index is 0.196. The first-order valence-electron chi connectivity index (χ1n) is 4.01. The number of hydrogen-bond acceptors (Lipinski definition) is 2. The van der Waals surface area contributed by atoms with Crippen LogP contribution in [-0.4, -0.2) is 0 Å². The first-order valence-corrected chi connectivity index (χ1v) is 5.80. The van der Waals surface area contributed by atoms with E-state index >= 15 is 0 Å². The lowest BCUT2D eigenvalue weighted by Gasteiger charge is -2.02. The summed E-state index contributed by atoms with van der Waals surface area (Å²) in [4.78, 5) is 1.47. The van der Waals surface area contributed by atoms with E-state index in [-0.39, 0.29) is 4.83 Å². The second-order valence-electron chi connectivity index (χ2n) is 2.83. The fraction of sp³-hybridized carbons (Fsp3) is 0.200. The predicted octanol–water partition coefficient (Wildman–Crippen LogP) is 4.13. The molecule has 1 atom stereocenters. The summed E-state index contributed by atoms with van der Waals surface area (Å²) in [5, 5.41) is 2.07. The van der Waals surface area contributed by atoms with E-state index in [0.29, 0.717) is 0 Å². The summed E-state index contributed by atoms with van der Waals surface area (Å²) < 4.78 is 5.53. The summed E-state index contributed by atoms with van der Waals surface area (Å²) in [6, 6.07) is 8.14. The van der Waals surface area contributed by atoms with E-state index in [1.54, 1.807) is 11.3 Å². The highest BCUT2D eigenvalue weighted by molar-refractivity contribution is 9.09. The van der Waals surface area contributed by atoms with Gasteiger partial charge in [0.05, 0.1) is 0 Å². The molecule has 0 aliphatic carbocycles. The van der Waals surface area contributed by atoms with E-state index in [4.69, 9.17) is 4.42 Å². The number of furan rings is 1. The van der Waals surface area contributed by atoms with Gasteiger partial charge in [-0.3, -0.25) is 0 Å². The zero-order valence-corrected chi connectivity index (χ0v) is 9.56. The molecule has 1 unspecified atom stereocenters. The average Bonchev–Trinajstić information content (AvgIpc) is 2.72. The Bertz CT molecular complexity index is 377. The average molecular weight is 257 g/mol. The molecule has 68 valence electrons. The lowest BCUT2D eigenvalue weighted by atomic mass is 10.3. The Kier molecular flexibility index (Phi) is 2.56. The summed E-state index contributed by atoms with van der Waals surface area (Å²) in [6.45, 7) is 1.96. The zero-order chi connectivity index (χ0) is 9.26. The lowest BCUT2D eigenvalue weighted by Crippen LogP contribution is -1.84. The van der Waals surface area contributed by atoms with Gasteiger partial charge in [-0.25, -0.2) is 0 Å². The summed E-state index contributed by atoms with van der Waals surface area (Å²) >= 11 is 5.33. The molecule has 2 rings (SSSR count). The van der Waals surface area contributed by atoms with Crippen molar-refractivity contribution in [2.24, 2.45) is 0 Å². The molecule has 2 aromatic heterocycles. The highest BCUT2D eigenvalue weighted by Crippen LogP contribution is 2.34. The Morgan fingerprint density at radius 2 is 2.23 bits per heavy atom. The molecule has 0 fully saturated rings. The number of rotatable bonds is 2. The van der Waals surface area contributed by atoms with E-state index in [9.17, 15) is 0 Å². The van der Waals surface area contributed by atoms with Crippen molar-refractivity contribution in [1.82, 2.24) is 0 Å². The Balaban J connectivity index is 2.28. The van der Waals surface area contributed by atoms with Gasteiger partial charge in [-0.2, -0.15) is 0 Å². The second-order valence-corrected chi connectivity index (χ2v) is 4.72. The number of hydrogen-bond donors (Lipinski definition) is 0. The molecular weight excluding hydrogens is 248 g/mol. The van der Waals surface area contributed by atoms with Crippen LogP contribution >= 0.6 is 27.3 Å². The Labute approximate surface area is 89.5 Å². The maximum absolute atomic E-state index is 5.53. The highest BCUT2D eigenvalue weighted by atomic mass is 79.9. The third kappa shape index (κ3) is 1.86. The molecule has 0 aromatic carbocycles. The SMILES string of the molecule is Cc1ccc(C(Br)c2cccs2)o1. The van der Waals surface area contributed by atoms with Gasteiger partial charge in [0.2, 0.25) is 0 Å². The molecule has 2 aromatic rings.